The molecule has 0 amide bonds. The Balaban J connectivity index is 0.00000300. The van der Waals surface area contributed by atoms with Crippen molar-refractivity contribution >= 4 is 7.48 Å². The number of rotatable bonds is 4. The van der Waals surface area contributed by atoms with Crippen molar-refractivity contribution in [3.8, 4) is 11.1 Å². The number of benzene rings is 3. The van der Waals surface area contributed by atoms with E-state index >= 15 is 0 Å². The fourth-order valence-corrected chi connectivity index (χ4v) is 20.1. The fraction of sp³-hybridized carbons (Fsp3) is 0.439. The minimum Gasteiger partial charge on any atom is -1.00 e. The maximum Gasteiger partial charge on any atom is -1.00 e. The summed E-state index contributed by atoms with van der Waals surface area (Å²) in [7, 11) is 0. The third-order valence-corrected chi connectivity index (χ3v) is 21.7. The minimum atomic E-state index is -4.38. The van der Waals surface area contributed by atoms with E-state index in [1.165, 1.54) is 59.9 Å². The van der Waals surface area contributed by atoms with E-state index in [0.29, 0.717) is 0 Å². The number of hydrogen-bond donors (Lipinski definition) is 0. The van der Waals surface area contributed by atoms with Crippen molar-refractivity contribution < 1.29 is 57.8 Å². The summed E-state index contributed by atoms with van der Waals surface area (Å²) in [6.07, 6.45) is -1.07. The van der Waals surface area contributed by atoms with Gasteiger partial charge in [0, 0.05) is 0 Å². The Morgan fingerprint density at radius 1 is 0.660 bits per heavy atom. The SMILES string of the molecule is [CH2]=[Zr+2]([C]1=C(CC)C(C(C)(C)C)=CC1C)([c]1ccc(C(F)(F)F)cc1)[CH]1c2ccc(C(C)(C)C)cc2-c2cc(C(C)(C)C)ccc21.[Cl-].[Cl-]. The Bertz CT molecular complexity index is 1690. The Morgan fingerprint density at radius 2 is 1.09 bits per heavy atom. The van der Waals surface area contributed by atoms with Gasteiger partial charge in [0.05, 0.1) is 0 Å². The van der Waals surface area contributed by atoms with Crippen LogP contribution in [0, 0.1) is 11.3 Å². The number of allylic oxidation sites excluding steroid dienone is 4. The summed E-state index contributed by atoms with van der Waals surface area (Å²) in [4.78, 5) is 0. The molecule has 0 aliphatic heterocycles. The Kier molecular flexibility index (Phi) is 11.1. The largest absolute Gasteiger partial charge is 1.00 e. The van der Waals surface area contributed by atoms with E-state index in [-0.39, 0.29) is 50.6 Å². The monoisotopic (exact) mass is 759 g/mol. The predicted octanol–water partition coefficient (Wildman–Crippen LogP) is 5.58. The van der Waals surface area contributed by atoms with Gasteiger partial charge >= 0.3 is 275 Å². The summed E-state index contributed by atoms with van der Waals surface area (Å²) in [5.41, 5.74) is 9.74. The molecule has 2 unspecified atom stereocenters. The van der Waals surface area contributed by atoms with Crippen LogP contribution in [0.1, 0.15) is 114 Å². The van der Waals surface area contributed by atoms with E-state index in [1.807, 2.05) is 0 Å². The molecule has 2 atom stereocenters. The minimum absolute atomic E-state index is 0. The molecule has 0 saturated heterocycles. The summed E-state index contributed by atoms with van der Waals surface area (Å²) in [6, 6.07) is 20.1. The molecule has 47 heavy (non-hydrogen) atoms. The van der Waals surface area contributed by atoms with Crippen LogP contribution in [0.2, 0.25) is 0 Å². The third-order valence-electron chi connectivity index (χ3n) is 10.1. The first-order chi connectivity index (χ1) is 20.6. The van der Waals surface area contributed by atoms with Gasteiger partial charge in [0.2, 0.25) is 0 Å². The molecular formula is C41H50Cl2F3Zr. The van der Waals surface area contributed by atoms with E-state index in [1.54, 1.807) is 12.1 Å². The summed E-state index contributed by atoms with van der Waals surface area (Å²) >= 11 is -4.15. The Labute approximate surface area is 298 Å². The first-order valence-electron chi connectivity index (χ1n) is 16.4. The molecule has 0 nitrogen and oxygen atoms in total. The number of alkyl halides is 3. The molecule has 6 heteroatoms. The van der Waals surface area contributed by atoms with Gasteiger partial charge in [-0.25, -0.2) is 0 Å². The van der Waals surface area contributed by atoms with Gasteiger partial charge in [-0.2, -0.15) is 0 Å². The second-order valence-corrected chi connectivity index (χ2v) is 25.4. The number of halogens is 5. The van der Waals surface area contributed by atoms with Crippen molar-refractivity contribution in [2.75, 3.05) is 0 Å². The summed E-state index contributed by atoms with van der Waals surface area (Å²) in [5, 5.41) is 0. The van der Waals surface area contributed by atoms with E-state index in [2.05, 4.69) is 119 Å². The molecule has 5 rings (SSSR count). The molecule has 2 aliphatic rings. The molecule has 3 aromatic carbocycles. The molecule has 0 bridgehead atoms. The van der Waals surface area contributed by atoms with Crippen LogP contribution >= 0.6 is 0 Å². The van der Waals surface area contributed by atoms with Crippen LogP contribution in [0.15, 0.2) is 81.2 Å². The van der Waals surface area contributed by atoms with Crippen LogP contribution in [-0.2, 0) is 36.8 Å². The van der Waals surface area contributed by atoms with Crippen LogP contribution < -0.4 is 28.1 Å². The molecule has 0 aromatic heterocycles. The van der Waals surface area contributed by atoms with Gasteiger partial charge in [-0.15, -0.1) is 0 Å². The molecule has 253 valence electrons. The number of fused-ring (bicyclic) bond motifs is 3. The molecule has 0 saturated carbocycles. The van der Waals surface area contributed by atoms with Gasteiger partial charge in [-0.05, 0) is 0 Å². The molecule has 0 N–H and O–H groups in total. The van der Waals surface area contributed by atoms with Crippen LogP contribution in [-0.4, -0.2) is 4.21 Å². The summed E-state index contributed by atoms with van der Waals surface area (Å²) in [6.45, 7) is 24.8. The van der Waals surface area contributed by atoms with Gasteiger partial charge in [0.25, 0.3) is 0 Å². The molecular weight excluding hydrogens is 712 g/mol. The third kappa shape index (κ3) is 7.00. The van der Waals surface area contributed by atoms with Gasteiger partial charge in [0.1, 0.15) is 0 Å². The zero-order chi connectivity index (χ0) is 33.5. The van der Waals surface area contributed by atoms with Crippen molar-refractivity contribution in [3.63, 3.8) is 0 Å². The average molecular weight is 762 g/mol. The topological polar surface area (TPSA) is 0 Å². The van der Waals surface area contributed by atoms with Gasteiger partial charge < -0.3 is 24.8 Å². The van der Waals surface area contributed by atoms with E-state index < -0.39 is 31.5 Å². The Hall–Kier alpha value is -1.74. The summed E-state index contributed by atoms with van der Waals surface area (Å²) < 4.78 is 49.3. The van der Waals surface area contributed by atoms with Crippen molar-refractivity contribution in [3.05, 3.63) is 109 Å². The van der Waals surface area contributed by atoms with Crippen LogP contribution in [0.3, 0.4) is 0 Å². The van der Waals surface area contributed by atoms with Gasteiger partial charge in [0.15, 0.2) is 0 Å². The fourth-order valence-electron chi connectivity index (χ4n) is 7.76. The summed E-state index contributed by atoms with van der Waals surface area (Å²) in [5.74, 6) is 0.181. The van der Waals surface area contributed by atoms with Crippen molar-refractivity contribution in [2.45, 2.75) is 103 Å². The zero-order valence-electron chi connectivity index (χ0n) is 29.8. The first kappa shape index (κ1) is 39.7. The molecule has 2 aliphatic carbocycles. The standard InChI is InChI=1S/C21H25.C12H19.C7H4F3.CH2.2ClH.Zr/c1-20(2,3)16-9-7-14-11-15-8-10-17(21(4,5)6)13-19(15)18(14)12-16;1-6-10-7-9(2)8-11(10)12(3,4)5;8-7(9,10)6-4-2-1-3-5-6;;;;/h7-13H,1-6H3;8-9H,6H2,1-5H3;2-5H;1H2;2*1H;/q;;;;;;+2/p-2. The first-order valence-corrected chi connectivity index (χ1v) is 22.0. The second-order valence-electron chi connectivity index (χ2n) is 16.4. The van der Waals surface area contributed by atoms with Crippen molar-refractivity contribution in [2.24, 2.45) is 11.3 Å². The molecule has 0 fully saturated rings. The molecule has 0 radical (unpaired) electrons. The molecule has 0 spiro atoms. The normalized spacial score (nSPS) is 17.5. The molecule has 0 heterocycles. The van der Waals surface area contributed by atoms with E-state index in [0.717, 1.165) is 9.69 Å². The van der Waals surface area contributed by atoms with Crippen molar-refractivity contribution in [1.29, 1.82) is 0 Å². The second kappa shape index (κ2) is 13.2. The average Bonchev–Trinajstić information content (AvgIpc) is 3.45. The smallest absolute Gasteiger partial charge is 1.00 e. The van der Waals surface area contributed by atoms with Crippen molar-refractivity contribution in [1.82, 2.24) is 0 Å². The van der Waals surface area contributed by atoms with Gasteiger partial charge in [-0.3, -0.25) is 0 Å². The zero-order valence-corrected chi connectivity index (χ0v) is 33.8. The Morgan fingerprint density at radius 3 is 1.45 bits per heavy atom. The van der Waals surface area contributed by atoms with Crippen LogP contribution in [0.5, 0.6) is 0 Å². The maximum absolute atomic E-state index is 13.8. The van der Waals surface area contributed by atoms with E-state index in [9.17, 15) is 13.2 Å². The maximum atomic E-state index is 13.8. The predicted molar refractivity (Wildman–Crippen MR) is 183 cm³/mol. The van der Waals surface area contributed by atoms with E-state index in [4.69, 9.17) is 4.21 Å². The number of hydrogen-bond acceptors (Lipinski definition) is 0. The van der Waals surface area contributed by atoms with Crippen LogP contribution in [0.25, 0.3) is 11.1 Å². The molecule has 3 aromatic rings. The van der Waals surface area contributed by atoms with Gasteiger partial charge in [-0.1, -0.05) is 0 Å². The van der Waals surface area contributed by atoms with Crippen LogP contribution in [0.4, 0.5) is 13.2 Å². The quantitative estimate of drug-likeness (QED) is 0.326.